The first-order valence-electron chi connectivity index (χ1n) is 8.94. The lowest BCUT2D eigenvalue weighted by atomic mass is 10.1. The van der Waals surface area contributed by atoms with E-state index >= 15 is 0 Å². The number of esters is 1. The molecule has 0 N–H and O–H groups in total. The van der Waals surface area contributed by atoms with Gasteiger partial charge >= 0.3 is 5.97 Å². The minimum absolute atomic E-state index is 0.156. The van der Waals surface area contributed by atoms with Crippen molar-refractivity contribution in [1.29, 1.82) is 0 Å². The molecule has 130 valence electrons. The van der Waals surface area contributed by atoms with Crippen molar-refractivity contribution in [3.05, 3.63) is 24.5 Å². The van der Waals surface area contributed by atoms with Gasteiger partial charge in [-0.25, -0.2) is 4.79 Å². The fourth-order valence-corrected chi connectivity index (χ4v) is 2.48. The smallest absolute Gasteiger partial charge is 0.330 e. The van der Waals surface area contributed by atoms with E-state index < -0.39 is 5.97 Å². The Labute approximate surface area is 140 Å². The lowest BCUT2D eigenvalue weighted by Crippen LogP contribution is -2.00. The third kappa shape index (κ3) is 9.87. The molecule has 1 heterocycles. The monoisotopic (exact) mass is 321 g/mol. The number of rotatable bonds is 14. The molecule has 0 spiro atoms. The molecule has 1 aromatic heterocycles. The van der Waals surface area contributed by atoms with Crippen molar-refractivity contribution < 1.29 is 9.53 Å². The second-order valence-electron chi connectivity index (χ2n) is 5.97. The summed E-state index contributed by atoms with van der Waals surface area (Å²) in [5, 5.41) is 8.03. The van der Waals surface area contributed by atoms with Crippen LogP contribution in [-0.2, 0) is 22.7 Å². The molecule has 5 nitrogen and oxygen atoms in total. The number of aromatic nitrogens is 3. The van der Waals surface area contributed by atoms with Crippen LogP contribution in [0.3, 0.4) is 0 Å². The molecular formula is C18H31N3O2. The van der Waals surface area contributed by atoms with Gasteiger partial charge in [0.1, 0.15) is 12.3 Å². The van der Waals surface area contributed by atoms with Gasteiger partial charge in [-0.1, -0.05) is 76.5 Å². The molecule has 0 aliphatic heterocycles. The number of nitrogens with zero attached hydrogens (tertiary/aromatic N) is 3. The maximum absolute atomic E-state index is 11.0. The summed E-state index contributed by atoms with van der Waals surface area (Å²) in [6.45, 7) is 6.64. The quantitative estimate of drug-likeness (QED) is 0.289. The predicted molar refractivity (Wildman–Crippen MR) is 91.9 cm³/mol. The third-order valence-corrected chi connectivity index (χ3v) is 3.86. The first kappa shape index (κ1) is 19.4. The average Bonchev–Trinajstić information content (AvgIpc) is 3.02. The number of hydrogen-bond acceptors (Lipinski definition) is 4. The van der Waals surface area contributed by atoms with Gasteiger partial charge in [-0.3, -0.25) is 4.68 Å². The molecule has 0 saturated carbocycles. The van der Waals surface area contributed by atoms with E-state index in [-0.39, 0.29) is 6.61 Å². The molecule has 0 aliphatic rings. The molecule has 23 heavy (non-hydrogen) atoms. The highest BCUT2D eigenvalue weighted by Crippen LogP contribution is 2.11. The van der Waals surface area contributed by atoms with Crippen molar-refractivity contribution in [2.24, 2.45) is 0 Å². The molecule has 0 aliphatic carbocycles. The molecule has 0 radical (unpaired) electrons. The second-order valence-corrected chi connectivity index (χ2v) is 5.97. The first-order valence-corrected chi connectivity index (χ1v) is 8.94. The van der Waals surface area contributed by atoms with Crippen LogP contribution in [0.2, 0.25) is 0 Å². The van der Waals surface area contributed by atoms with Gasteiger partial charge in [0.15, 0.2) is 0 Å². The van der Waals surface area contributed by atoms with Crippen LogP contribution >= 0.6 is 0 Å². The summed E-state index contributed by atoms with van der Waals surface area (Å²) < 4.78 is 6.74. The summed E-state index contributed by atoms with van der Waals surface area (Å²) in [7, 11) is 0. The van der Waals surface area contributed by atoms with Crippen molar-refractivity contribution >= 4 is 5.97 Å². The topological polar surface area (TPSA) is 57.0 Å². The molecule has 0 fully saturated rings. The molecule has 0 saturated heterocycles. The van der Waals surface area contributed by atoms with Crippen molar-refractivity contribution in [2.45, 2.75) is 84.3 Å². The highest BCUT2D eigenvalue weighted by molar-refractivity contribution is 5.81. The van der Waals surface area contributed by atoms with E-state index in [4.69, 9.17) is 4.74 Å². The summed E-state index contributed by atoms with van der Waals surface area (Å²) in [5.74, 6) is -0.436. The summed E-state index contributed by atoms with van der Waals surface area (Å²) in [6, 6.07) is 0. The maximum atomic E-state index is 11.0. The van der Waals surface area contributed by atoms with Crippen LogP contribution in [0, 0.1) is 0 Å². The molecule has 0 amide bonds. The Morgan fingerprint density at radius 1 is 1.13 bits per heavy atom. The fourth-order valence-electron chi connectivity index (χ4n) is 2.48. The van der Waals surface area contributed by atoms with Gasteiger partial charge in [0.25, 0.3) is 0 Å². The normalized spacial score (nSPS) is 10.7. The van der Waals surface area contributed by atoms with Gasteiger partial charge in [0.2, 0.25) is 0 Å². The van der Waals surface area contributed by atoms with Crippen LogP contribution < -0.4 is 0 Å². The molecule has 5 heteroatoms. The van der Waals surface area contributed by atoms with E-state index in [1.54, 1.807) is 0 Å². The lowest BCUT2D eigenvalue weighted by Gasteiger charge is -2.02. The van der Waals surface area contributed by atoms with Crippen LogP contribution in [-0.4, -0.2) is 21.0 Å². The zero-order valence-electron chi connectivity index (χ0n) is 14.5. The van der Waals surface area contributed by atoms with E-state index in [0.717, 1.165) is 19.0 Å². The fraction of sp³-hybridized carbons (Fsp3) is 0.722. The Balaban J connectivity index is 1.98. The summed E-state index contributed by atoms with van der Waals surface area (Å²) >= 11 is 0. The zero-order valence-corrected chi connectivity index (χ0v) is 14.5. The number of ether oxygens (including phenoxy) is 1. The molecule has 0 atom stereocenters. The van der Waals surface area contributed by atoms with E-state index in [1.165, 1.54) is 57.8 Å². The van der Waals surface area contributed by atoms with Gasteiger partial charge in [-0.15, -0.1) is 5.10 Å². The van der Waals surface area contributed by atoms with Gasteiger partial charge in [-0.05, 0) is 6.42 Å². The Kier molecular flexibility index (Phi) is 10.8. The standard InChI is InChI=1S/C18H31N3O2/c1-3-5-6-7-8-9-10-11-12-13-14-21-15-17(19-20-21)16-23-18(22)4-2/h4,15H,2-3,5-14,16H2,1H3. The second kappa shape index (κ2) is 12.9. The molecule has 0 bridgehead atoms. The number of unbranched alkanes of at least 4 members (excludes halogenated alkanes) is 9. The molecule has 1 rings (SSSR count). The third-order valence-electron chi connectivity index (χ3n) is 3.86. The summed E-state index contributed by atoms with van der Waals surface area (Å²) in [4.78, 5) is 11.0. The maximum Gasteiger partial charge on any atom is 0.330 e. The van der Waals surface area contributed by atoms with Crippen molar-refractivity contribution in [3.8, 4) is 0 Å². The van der Waals surface area contributed by atoms with Crippen LogP contribution in [0.1, 0.15) is 76.8 Å². The summed E-state index contributed by atoms with van der Waals surface area (Å²) in [6.07, 6.45) is 16.2. The van der Waals surface area contributed by atoms with Crippen LogP contribution in [0.5, 0.6) is 0 Å². The average molecular weight is 321 g/mol. The van der Waals surface area contributed by atoms with E-state index in [9.17, 15) is 4.79 Å². The SMILES string of the molecule is C=CC(=O)OCc1cn(CCCCCCCCCCCC)nn1. The number of carbonyl (C=O) groups excluding carboxylic acids is 1. The van der Waals surface area contributed by atoms with E-state index in [1.807, 2.05) is 10.9 Å². The highest BCUT2D eigenvalue weighted by Gasteiger charge is 2.03. The Morgan fingerprint density at radius 3 is 2.35 bits per heavy atom. The van der Waals surface area contributed by atoms with E-state index in [0.29, 0.717) is 5.69 Å². The number of carbonyl (C=O) groups is 1. The zero-order chi connectivity index (χ0) is 16.8. The van der Waals surface area contributed by atoms with Crippen molar-refractivity contribution in [3.63, 3.8) is 0 Å². The Hall–Kier alpha value is -1.65. The minimum atomic E-state index is -0.436. The van der Waals surface area contributed by atoms with Crippen LogP contribution in [0.4, 0.5) is 0 Å². The number of hydrogen-bond donors (Lipinski definition) is 0. The minimum Gasteiger partial charge on any atom is -0.456 e. The summed E-state index contributed by atoms with van der Waals surface area (Å²) in [5.41, 5.74) is 0.673. The molecular weight excluding hydrogens is 290 g/mol. The van der Waals surface area contributed by atoms with Gasteiger partial charge in [-0.2, -0.15) is 0 Å². The van der Waals surface area contributed by atoms with Crippen LogP contribution in [0.15, 0.2) is 18.9 Å². The van der Waals surface area contributed by atoms with Gasteiger partial charge in [0.05, 0.1) is 6.20 Å². The van der Waals surface area contributed by atoms with Gasteiger partial charge < -0.3 is 4.74 Å². The molecule has 1 aromatic rings. The predicted octanol–water partition coefficient (Wildman–Crippen LogP) is 4.43. The Bertz CT molecular complexity index is 443. The van der Waals surface area contributed by atoms with Gasteiger partial charge in [0, 0.05) is 12.6 Å². The van der Waals surface area contributed by atoms with Crippen molar-refractivity contribution in [1.82, 2.24) is 15.0 Å². The first-order chi connectivity index (χ1) is 11.3. The molecule has 0 aromatic carbocycles. The number of aryl methyl sites for hydroxylation is 1. The van der Waals surface area contributed by atoms with E-state index in [2.05, 4.69) is 23.8 Å². The lowest BCUT2D eigenvalue weighted by molar-refractivity contribution is -0.139. The highest BCUT2D eigenvalue weighted by atomic mass is 16.5. The van der Waals surface area contributed by atoms with Crippen LogP contribution in [0.25, 0.3) is 0 Å². The Morgan fingerprint density at radius 2 is 1.74 bits per heavy atom. The largest absolute Gasteiger partial charge is 0.456 e. The molecule has 0 unspecified atom stereocenters. The van der Waals surface area contributed by atoms with Crippen molar-refractivity contribution in [2.75, 3.05) is 0 Å².